The molecule has 0 aromatic heterocycles. The predicted octanol–water partition coefficient (Wildman–Crippen LogP) is 1.63. The van der Waals surface area contributed by atoms with Crippen molar-refractivity contribution in [2.45, 2.75) is 45.3 Å². The maximum absolute atomic E-state index is 11.8. The van der Waals surface area contributed by atoms with Gasteiger partial charge in [-0.25, -0.2) is 0 Å². The highest BCUT2D eigenvalue weighted by Gasteiger charge is 2.51. The first kappa shape index (κ1) is 19.0. The molecule has 2 rings (SSSR count). The topological polar surface area (TPSA) is 48.0 Å². The van der Waals surface area contributed by atoms with E-state index in [4.69, 9.17) is 14.0 Å². The van der Waals surface area contributed by atoms with E-state index in [1.165, 1.54) is 0 Å². The van der Waals surface area contributed by atoms with Crippen LogP contribution in [0, 0.1) is 0 Å². The minimum absolute atomic E-state index is 0.208. The molecule has 0 unspecified atom stereocenters. The van der Waals surface area contributed by atoms with Gasteiger partial charge in [-0.2, -0.15) is 0 Å². The molecule has 5 nitrogen and oxygen atoms in total. The Labute approximate surface area is 145 Å². The second kappa shape index (κ2) is 7.25. The van der Waals surface area contributed by atoms with Crippen molar-refractivity contribution in [1.82, 2.24) is 4.90 Å². The lowest BCUT2D eigenvalue weighted by Gasteiger charge is -2.32. The molecule has 1 aliphatic heterocycles. The minimum Gasteiger partial charge on any atom is -0.464 e. The van der Waals surface area contributed by atoms with Gasteiger partial charge in [0.2, 0.25) is 0 Å². The van der Waals surface area contributed by atoms with Gasteiger partial charge in [-0.15, -0.1) is 0 Å². The van der Waals surface area contributed by atoms with Crippen molar-refractivity contribution in [3.63, 3.8) is 0 Å². The van der Waals surface area contributed by atoms with Crippen LogP contribution in [0.3, 0.4) is 0 Å². The third kappa shape index (κ3) is 4.59. The van der Waals surface area contributed by atoms with E-state index in [1.807, 2.05) is 71.0 Å². The lowest BCUT2D eigenvalue weighted by molar-refractivity contribution is -0.143. The van der Waals surface area contributed by atoms with Gasteiger partial charge < -0.3 is 18.9 Å². The maximum Gasteiger partial charge on any atom is 0.494 e. The van der Waals surface area contributed by atoms with Crippen LogP contribution in [0.2, 0.25) is 0 Å². The molecule has 0 N–H and O–H groups in total. The van der Waals surface area contributed by atoms with Crippen molar-refractivity contribution in [3.05, 3.63) is 29.8 Å². The smallest absolute Gasteiger partial charge is 0.464 e. The number of esters is 1. The number of carbonyl (C=O) groups is 1. The fraction of sp³-hybridized carbons (Fsp3) is 0.611. The fourth-order valence-electron chi connectivity index (χ4n) is 2.33. The average molecular weight is 333 g/mol. The molecule has 1 saturated heterocycles. The standard InChI is InChI=1S/C18H28BNO4/c1-17(2)18(3,4)24-19(23-17)15-9-7-14(8-10-15)13-16(21)22-12-11-20(5)6/h7-10H,11-13H2,1-6H3. The Morgan fingerprint density at radius 1 is 1.08 bits per heavy atom. The van der Waals surface area contributed by atoms with E-state index >= 15 is 0 Å². The number of rotatable bonds is 6. The number of hydrogen-bond donors (Lipinski definition) is 0. The molecule has 0 radical (unpaired) electrons. The van der Waals surface area contributed by atoms with Crippen LogP contribution in [-0.2, 0) is 25.3 Å². The number of benzene rings is 1. The Bertz CT molecular complexity index is 553. The van der Waals surface area contributed by atoms with Crippen LogP contribution in [-0.4, -0.2) is 56.4 Å². The second-order valence-electron chi connectivity index (χ2n) is 7.53. The van der Waals surface area contributed by atoms with Crippen LogP contribution in [0.25, 0.3) is 0 Å². The maximum atomic E-state index is 11.8. The highest BCUT2D eigenvalue weighted by atomic mass is 16.7. The van der Waals surface area contributed by atoms with Crippen molar-refractivity contribution in [2.75, 3.05) is 27.2 Å². The van der Waals surface area contributed by atoms with Gasteiger partial charge in [0.1, 0.15) is 6.61 Å². The zero-order valence-corrected chi connectivity index (χ0v) is 15.6. The number of likely N-dealkylation sites (N-methyl/N-ethyl adjacent to an activating group) is 1. The summed E-state index contributed by atoms with van der Waals surface area (Å²) in [5.74, 6) is -0.208. The molecule has 1 aromatic carbocycles. The molecule has 6 heteroatoms. The van der Waals surface area contributed by atoms with E-state index in [9.17, 15) is 4.79 Å². The Kier molecular flexibility index (Phi) is 5.73. The lowest BCUT2D eigenvalue weighted by atomic mass is 9.79. The van der Waals surface area contributed by atoms with Crippen molar-refractivity contribution in [3.8, 4) is 0 Å². The van der Waals surface area contributed by atoms with Crippen LogP contribution in [0.4, 0.5) is 0 Å². The highest BCUT2D eigenvalue weighted by molar-refractivity contribution is 6.62. The summed E-state index contributed by atoms with van der Waals surface area (Å²) in [5.41, 5.74) is 1.17. The number of carbonyl (C=O) groups excluding carboxylic acids is 1. The van der Waals surface area contributed by atoms with Crippen molar-refractivity contribution >= 4 is 18.6 Å². The highest BCUT2D eigenvalue weighted by Crippen LogP contribution is 2.36. The van der Waals surface area contributed by atoms with E-state index in [2.05, 4.69) is 0 Å². The van der Waals surface area contributed by atoms with Gasteiger partial charge in [0, 0.05) is 6.54 Å². The minimum atomic E-state index is -0.379. The molecule has 24 heavy (non-hydrogen) atoms. The van der Waals surface area contributed by atoms with Gasteiger partial charge in [0.15, 0.2) is 0 Å². The monoisotopic (exact) mass is 333 g/mol. The van der Waals surface area contributed by atoms with Crippen LogP contribution in [0.1, 0.15) is 33.3 Å². The van der Waals surface area contributed by atoms with Gasteiger partial charge in [-0.05, 0) is 52.8 Å². The molecule has 1 heterocycles. The molecule has 132 valence electrons. The van der Waals surface area contributed by atoms with Gasteiger partial charge >= 0.3 is 13.1 Å². The Morgan fingerprint density at radius 2 is 1.62 bits per heavy atom. The van der Waals surface area contributed by atoms with Crippen molar-refractivity contribution < 1.29 is 18.8 Å². The van der Waals surface area contributed by atoms with Crippen LogP contribution in [0.5, 0.6) is 0 Å². The summed E-state index contributed by atoms with van der Waals surface area (Å²) in [6.45, 7) is 9.27. The second-order valence-corrected chi connectivity index (χ2v) is 7.53. The molecule has 0 atom stereocenters. The Morgan fingerprint density at radius 3 is 2.12 bits per heavy atom. The summed E-state index contributed by atoms with van der Waals surface area (Å²) < 4.78 is 17.3. The SMILES string of the molecule is CN(C)CCOC(=O)Cc1ccc(B2OC(C)(C)C(C)(C)O2)cc1. The zero-order valence-electron chi connectivity index (χ0n) is 15.6. The average Bonchev–Trinajstić information content (AvgIpc) is 2.67. The number of hydrogen-bond acceptors (Lipinski definition) is 5. The molecule has 0 saturated carbocycles. The van der Waals surface area contributed by atoms with E-state index in [0.717, 1.165) is 17.6 Å². The van der Waals surface area contributed by atoms with Crippen molar-refractivity contribution in [2.24, 2.45) is 0 Å². The largest absolute Gasteiger partial charge is 0.494 e. The van der Waals surface area contributed by atoms with E-state index in [1.54, 1.807) is 0 Å². The van der Waals surface area contributed by atoms with Gasteiger partial charge in [0.05, 0.1) is 17.6 Å². The molecular formula is C18H28BNO4. The van der Waals surface area contributed by atoms with E-state index in [0.29, 0.717) is 6.61 Å². The summed E-state index contributed by atoms with van der Waals surface area (Å²) in [5, 5.41) is 0. The van der Waals surface area contributed by atoms with E-state index < -0.39 is 0 Å². The summed E-state index contributed by atoms with van der Waals surface area (Å²) in [6.07, 6.45) is 0.275. The Hall–Kier alpha value is -1.37. The molecule has 1 aliphatic rings. The normalized spacial score (nSPS) is 18.9. The first-order valence-corrected chi connectivity index (χ1v) is 8.35. The third-order valence-corrected chi connectivity index (χ3v) is 4.66. The first-order valence-electron chi connectivity index (χ1n) is 8.35. The molecular weight excluding hydrogens is 305 g/mol. The number of nitrogens with zero attached hydrogens (tertiary/aromatic N) is 1. The lowest BCUT2D eigenvalue weighted by Crippen LogP contribution is -2.41. The van der Waals surface area contributed by atoms with Crippen LogP contribution in [0.15, 0.2) is 24.3 Å². The molecule has 0 bridgehead atoms. The third-order valence-electron chi connectivity index (χ3n) is 4.66. The summed E-state index contributed by atoms with van der Waals surface area (Å²) in [7, 11) is 3.51. The zero-order chi connectivity index (χ0) is 18.0. The first-order chi connectivity index (χ1) is 11.1. The van der Waals surface area contributed by atoms with Gasteiger partial charge in [-0.1, -0.05) is 24.3 Å². The quantitative estimate of drug-likeness (QED) is 0.585. The number of ether oxygens (including phenoxy) is 1. The van der Waals surface area contributed by atoms with Crippen LogP contribution < -0.4 is 5.46 Å². The molecule has 1 aromatic rings. The predicted molar refractivity (Wildman–Crippen MR) is 95.4 cm³/mol. The molecule has 0 aliphatic carbocycles. The van der Waals surface area contributed by atoms with Crippen molar-refractivity contribution in [1.29, 1.82) is 0 Å². The van der Waals surface area contributed by atoms with E-state index in [-0.39, 0.29) is 30.7 Å². The van der Waals surface area contributed by atoms with Gasteiger partial charge in [0.25, 0.3) is 0 Å². The molecule has 0 spiro atoms. The summed E-state index contributed by atoms with van der Waals surface area (Å²) in [6, 6.07) is 7.75. The Balaban J connectivity index is 1.91. The molecule has 1 fully saturated rings. The summed E-state index contributed by atoms with van der Waals surface area (Å²) in [4.78, 5) is 13.8. The fourth-order valence-corrected chi connectivity index (χ4v) is 2.33. The molecule has 0 amide bonds. The van der Waals surface area contributed by atoms with Gasteiger partial charge in [-0.3, -0.25) is 4.79 Å². The van der Waals surface area contributed by atoms with Crippen LogP contribution >= 0.6 is 0 Å². The summed E-state index contributed by atoms with van der Waals surface area (Å²) >= 11 is 0.